The summed E-state index contributed by atoms with van der Waals surface area (Å²) in [6.07, 6.45) is 0.754. The summed E-state index contributed by atoms with van der Waals surface area (Å²) in [4.78, 5) is 0.153. The molecule has 2 aromatic rings. The van der Waals surface area contributed by atoms with E-state index in [1.54, 1.807) is 12.1 Å². The van der Waals surface area contributed by atoms with Crippen LogP contribution in [0.1, 0.15) is 12.5 Å². The van der Waals surface area contributed by atoms with E-state index in [1.807, 2.05) is 43.3 Å². The van der Waals surface area contributed by atoms with Crippen molar-refractivity contribution in [3.63, 3.8) is 0 Å². The maximum atomic E-state index is 11.3. The van der Waals surface area contributed by atoms with Gasteiger partial charge in [0.1, 0.15) is 0 Å². The standard InChI is InChI=1S/C14H13ClO2S/c1-2-11-10-13(18(15,16)17)8-9-14(11)12-6-4-3-5-7-12/h3-10H,2H2,1H3. The first-order chi connectivity index (χ1) is 8.52. The summed E-state index contributed by atoms with van der Waals surface area (Å²) in [5.41, 5.74) is 3.10. The minimum Gasteiger partial charge on any atom is -0.207 e. The fourth-order valence-corrected chi connectivity index (χ4v) is 2.72. The molecule has 0 aliphatic heterocycles. The van der Waals surface area contributed by atoms with E-state index in [1.165, 1.54) is 0 Å². The molecule has 0 heterocycles. The van der Waals surface area contributed by atoms with Gasteiger partial charge in [0, 0.05) is 10.7 Å². The highest BCUT2D eigenvalue weighted by Gasteiger charge is 2.12. The summed E-state index contributed by atoms with van der Waals surface area (Å²) < 4.78 is 22.6. The molecule has 18 heavy (non-hydrogen) atoms. The van der Waals surface area contributed by atoms with Crippen molar-refractivity contribution < 1.29 is 8.42 Å². The van der Waals surface area contributed by atoms with Gasteiger partial charge in [0.25, 0.3) is 9.05 Å². The highest BCUT2D eigenvalue weighted by Crippen LogP contribution is 2.27. The van der Waals surface area contributed by atoms with Crippen molar-refractivity contribution in [2.45, 2.75) is 18.2 Å². The molecule has 0 unspecified atom stereocenters. The Morgan fingerprint density at radius 1 is 1.06 bits per heavy atom. The largest absolute Gasteiger partial charge is 0.261 e. The van der Waals surface area contributed by atoms with Crippen molar-refractivity contribution in [2.24, 2.45) is 0 Å². The van der Waals surface area contributed by atoms with E-state index in [4.69, 9.17) is 10.7 Å². The number of rotatable bonds is 3. The molecule has 0 saturated carbocycles. The van der Waals surface area contributed by atoms with E-state index >= 15 is 0 Å². The maximum absolute atomic E-state index is 11.3. The summed E-state index contributed by atoms with van der Waals surface area (Å²) >= 11 is 0. The predicted molar refractivity (Wildman–Crippen MR) is 74.3 cm³/mol. The zero-order chi connectivity index (χ0) is 13.2. The topological polar surface area (TPSA) is 34.1 Å². The third-order valence-electron chi connectivity index (χ3n) is 2.82. The Morgan fingerprint density at radius 3 is 2.28 bits per heavy atom. The van der Waals surface area contributed by atoms with Crippen LogP contribution in [0.15, 0.2) is 53.4 Å². The third-order valence-corrected chi connectivity index (χ3v) is 4.18. The summed E-state index contributed by atoms with van der Waals surface area (Å²) in [7, 11) is 1.70. The molecule has 0 radical (unpaired) electrons. The first-order valence-electron chi connectivity index (χ1n) is 5.65. The number of aryl methyl sites for hydroxylation is 1. The fourth-order valence-electron chi connectivity index (χ4n) is 1.91. The van der Waals surface area contributed by atoms with Crippen LogP contribution < -0.4 is 0 Å². The Bertz CT molecular complexity index is 649. The Balaban J connectivity index is 2.58. The minimum absolute atomic E-state index is 0.153. The van der Waals surface area contributed by atoms with Crippen LogP contribution in [0.3, 0.4) is 0 Å². The number of halogens is 1. The van der Waals surface area contributed by atoms with Crippen LogP contribution in [0.5, 0.6) is 0 Å². The van der Waals surface area contributed by atoms with E-state index in [0.29, 0.717) is 0 Å². The molecule has 2 nitrogen and oxygen atoms in total. The van der Waals surface area contributed by atoms with Gasteiger partial charge < -0.3 is 0 Å². The predicted octanol–water partition coefficient (Wildman–Crippen LogP) is 3.84. The summed E-state index contributed by atoms with van der Waals surface area (Å²) in [6.45, 7) is 1.99. The first-order valence-corrected chi connectivity index (χ1v) is 7.96. The van der Waals surface area contributed by atoms with Crippen LogP contribution in [-0.2, 0) is 15.5 Å². The second-order valence-electron chi connectivity index (χ2n) is 3.98. The zero-order valence-corrected chi connectivity index (χ0v) is 11.5. The average molecular weight is 281 g/mol. The minimum atomic E-state index is -3.66. The molecule has 0 saturated heterocycles. The van der Waals surface area contributed by atoms with E-state index < -0.39 is 9.05 Å². The van der Waals surface area contributed by atoms with Crippen LogP contribution in [0, 0.1) is 0 Å². The number of hydrogen-bond acceptors (Lipinski definition) is 2. The summed E-state index contributed by atoms with van der Waals surface area (Å²) in [5.74, 6) is 0. The SMILES string of the molecule is CCc1cc(S(=O)(=O)Cl)ccc1-c1ccccc1. The van der Waals surface area contributed by atoms with E-state index in [-0.39, 0.29) is 4.90 Å². The molecule has 94 valence electrons. The van der Waals surface area contributed by atoms with Gasteiger partial charge in [0.05, 0.1) is 4.90 Å². The van der Waals surface area contributed by atoms with Gasteiger partial charge in [-0.15, -0.1) is 0 Å². The lowest BCUT2D eigenvalue weighted by Crippen LogP contribution is -1.95. The summed E-state index contributed by atoms with van der Waals surface area (Å²) in [6, 6.07) is 14.9. The zero-order valence-electron chi connectivity index (χ0n) is 9.93. The Kier molecular flexibility index (Phi) is 3.73. The molecule has 2 rings (SSSR count). The van der Waals surface area contributed by atoms with Gasteiger partial charge >= 0.3 is 0 Å². The first kappa shape index (κ1) is 13.1. The van der Waals surface area contributed by atoms with E-state index in [2.05, 4.69) is 0 Å². The second-order valence-corrected chi connectivity index (χ2v) is 6.54. The van der Waals surface area contributed by atoms with Crippen molar-refractivity contribution in [3.05, 3.63) is 54.1 Å². The molecule has 0 spiro atoms. The molecule has 4 heteroatoms. The molecule has 0 aliphatic carbocycles. The quantitative estimate of drug-likeness (QED) is 0.801. The van der Waals surface area contributed by atoms with Crippen LogP contribution in [0.25, 0.3) is 11.1 Å². The molecule has 0 bridgehead atoms. The fraction of sp³-hybridized carbons (Fsp3) is 0.143. The van der Waals surface area contributed by atoms with Gasteiger partial charge in [-0.2, -0.15) is 0 Å². The maximum Gasteiger partial charge on any atom is 0.261 e. The molecule has 0 aliphatic rings. The van der Waals surface area contributed by atoms with Crippen molar-refractivity contribution >= 4 is 19.7 Å². The van der Waals surface area contributed by atoms with Crippen LogP contribution >= 0.6 is 10.7 Å². The lowest BCUT2D eigenvalue weighted by Gasteiger charge is -2.09. The highest BCUT2D eigenvalue weighted by molar-refractivity contribution is 8.13. The van der Waals surface area contributed by atoms with Crippen molar-refractivity contribution in [1.29, 1.82) is 0 Å². The lowest BCUT2D eigenvalue weighted by atomic mass is 9.98. The molecular formula is C14H13ClO2S. The van der Waals surface area contributed by atoms with Crippen molar-refractivity contribution in [1.82, 2.24) is 0 Å². The van der Waals surface area contributed by atoms with Gasteiger partial charge in [-0.05, 0) is 35.2 Å². The van der Waals surface area contributed by atoms with E-state index in [0.717, 1.165) is 23.1 Å². The molecule has 0 amide bonds. The molecule has 2 aromatic carbocycles. The molecular weight excluding hydrogens is 268 g/mol. The van der Waals surface area contributed by atoms with Crippen LogP contribution in [0.4, 0.5) is 0 Å². The molecule has 0 fully saturated rings. The van der Waals surface area contributed by atoms with Crippen LogP contribution in [-0.4, -0.2) is 8.42 Å². The molecule has 0 aromatic heterocycles. The monoisotopic (exact) mass is 280 g/mol. The van der Waals surface area contributed by atoms with Gasteiger partial charge in [0.15, 0.2) is 0 Å². The van der Waals surface area contributed by atoms with E-state index in [9.17, 15) is 8.42 Å². The Labute approximate surface area is 112 Å². The normalized spacial score (nSPS) is 11.4. The van der Waals surface area contributed by atoms with Gasteiger partial charge in [-0.1, -0.05) is 43.3 Å². The molecule has 0 N–H and O–H groups in total. The lowest BCUT2D eigenvalue weighted by molar-refractivity contribution is 0.609. The highest BCUT2D eigenvalue weighted by atomic mass is 35.7. The smallest absolute Gasteiger partial charge is 0.207 e. The van der Waals surface area contributed by atoms with Crippen molar-refractivity contribution in [2.75, 3.05) is 0 Å². The number of hydrogen-bond donors (Lipinski definition) is 0. The Hall–Kier alpha value is -1.32. The van der Waals surface area contributed by atoms with Crippen molar-refractivity contribution in [3.8, 4) is 11.1 Å². The number of benzene rings is 2. The van der Waals surface area contributed by atoms with Crippen LogP contribution in [0.2, 0.25) is 0 Å². The second kappa shape index (κ2) is 5.12. The Morgan fingerprint density at radius 2 is 1.72 bits per heavy atom. The van der Waals surface area contributed by atoms with Gasteiger partial charge in [-0.3, -0.25) is 0 Å². The third kappa shape index (κ3) is 2.74. The molecule has 0 atom stereocenters. The van der Waals surface area contributed by atoms with Gasteiger partial charge in [0.2, 0.25) is 0 Å². The summed E-state index contributed by atoms with van der Waals surface area (Å²) in [5, 5.41) is 0. The average Bonchev–Trinajstić information content (AvgIpc) is 2.38. The van der Waals surface area contributed by atoms with Gasteiger partial charge in [-0.25, -0.2) is 8.42 Å².